The average Bonchev–Trinajstić information content (AvgIpc) is 3.20. The molecule has 1 aromatic heterocycles. The highest BCUT2D eigenvalue weighted by Gasteiger charge is 2.30. The van der Waals surface area contributed by atoms with Crippen molar-refractivity contribution in [1.29, 1.82) is 0 Å². The maximum absolute atomic E-state index is 13.6. The van der Waals surface area contributed by atoms with Crippen molar-refractivity contribution in [1.82, 2.24) is 19.0 Å². The minimum Gasteiger partial charge on any atom is -0.493 e. The van der Waals surface area contributed by atoms with Gasteiger partial charge in [-0.05, 0) is 32.2 Å². The molecule has 1 fully saturated rings. The van der Waals surface area contributed by atoms with Crippen LogP contribution < -0.4 is 15.8 Å². The molecule has 0 saturated carbocycles. The van der Waals surface area contributed by atoms with E-state index in [0.29, 0.717) is 37.4 Å². The molecule has 1 saturated heterocycles. The van der Waals surface area contributed by atoms with Crippen LogP contribution in [0.5, 0.6) is 5.75 Å². The molecule has 0 spiro atoms. The van der Waals surface area contributed by atoms with E-state index in [2.05, 4.69) is 15.3 Å². The number of aromatic nitrogens is 2. The minimum atomic E-state index is -3.83. The molecular weight excluding hydrogens is 496 g/mol. The van der Waals surface area contributed by atoms with Gasteiger partial charge in [-0.1, -0.05) is 30.3 Å². The molecule has 196 valence electrons. The minimum absolute atomic E-state index is 0.00590. The van der Waals surface area contributed by atoms with E-state index in [1.807, 2.05) is 13.1 Å². The molecule has 0 unspecified atom stereocenters. The van der Waals surface area contributed by atoms with Gasteiger partial charge < -0.3 is 20.7 Å². The number of ether oxygens (including phenoxy) is 1. The second-order valence-electron chi connectivity index (χ2n) is 8.68. The molecule has 0 atom stereocenters. The second kappa shape index (κ2) is 10.7. The molecule has 11 nitrogen and oxygen atoms in total. The summed E-state index contributed by atoms with van der Waals surface area (Å²) in [4.78, 5) is 27.9. The molecule has 2 heterocycles. The zero-order valence-corrected chi connectivity index (χ0v) is 21.8. The molecule has 0 bridgehead atoms. The molecule has 37 heavy (non-hydrogen) atoms. The lowest BCUT2D eigenvalue weighted by Gasteiger charge is -2.31. The Morgan fingerprint density at radius 1 is 1.05 bits per heavy atom. The highest BCUT2D eigenvalue weighted by atomic mass is 32.2. The van der Waals surface area contributed by atoms with Gasteiger partial charge in [0.05, 0.1) is 17.1 Å². The fourth-order valence-electron chi connectivity index (χ4n) is 4.21. The molecule has 0 radical (unpaired) electrons. The smallest absolute Gasteiger partial charge is 0.269 e. The molecular formula is C25H30N6O5S. The van der Waals surface area contributed by atoms with Gasteiger partial charge in [-0.3, -0.25) is 14.3 Å². The van der Waals surface area contributed by atoms with Crippen molar-refractivity contribution in [3.63, 3.8) is 0 Å². The topological polar surface area (TPSA) is 140 Å². The van der Waals surface area contributed by atoms with Crippen molar-refractivity contribution in [3.8, 4) is 17.0 Å². The summed E-state index contributed by atoms with van der Waals surface area (Å²) in [6, 6.07) is 13.2. The number of aryl methyl sites for hydroxylation is 1. The molecule has 12 heteroatoms. The zero-order valence-electron chi connectivity index (χ0n) is 21.0. The summed E-state index contributed by atoms with van der Waals surface area (Å²) in [6.45, 7) is 3.96. The number of hydrogen-bond acceptors (Lipinski definition) is 7. The quantitative estimate of drug-likeness (QED) is 0.456. The van der Waals surface area contributed by atoms with E-state index in [4.69, 9.17) is 10.5 Å². The monoisotopic (exact) mass is 526 g/mol. The molecule has 0 aliphatic carbocycles. The van der Waals surface area contributed by atoms with E-state index in [1.54, 1.807) is 38.2 Å². The summed E-state index contributed by atoms with van der Waals surface area (Å²) in [5, 5.41) is 7.14. The van der Waals surface area contributed by atoms with Crippen LogP contribution in [0.4, 0.5) is 5.69 Å². The maximum Gasteiger partial charge on any atom is 0.269 e. The number of nitrogens with two attached hydrogens (primary N) is 1. The number of benzene rings is 2. The lowest BCUT2D eigenvalue weighted by molar-refractivity contribution is 0.0992. The number of hydrogen-bond donors (Lipinski definition) is 2. The van der Waals surface area contributed by atoms with Gasteiger partial charge in [0.15, 0.2) is 0 Å². The molecule has 2 aromatic carbocycles. The van der Waals surface area contributed by atoms with Gasteiger partial charge in [0, 0.05) is 38.8 Å². The van der Waals surface area contributed by atoms with E-state index >= 15 is 0 Å². The van der Waals surface area contributed by atoms with Crippen molar-refractivity contribution in [2.24, 2.45) is 12.8 Å². The number of nitrogens with one attached hydrogen (secondary N) is 1. The standard InChI is InChI=1S/C25H30N6O5S/c1-4-36-20-11-10-18(37(34,35)31-14-12-29(2)13-15-31)16-19(20)25(33)27-22-21(17-8-6-5-7-9-17)28-30(3)23(22)24(26)32/h5-11,16H,4,12-15H2,1-3H3,(H2,26,32)(H,27,33). The van der Waals surface area contributed by atoms with Crippen LogP contribution in [-0.4, -0.2) is 79.1 Å². The summed E-state index contributed by atoms with van der Waals surface area (Å²) in [5.41, 5.74) is 6.77. The number of anilines is 1. The van der Waals surface area contributed by atoms with Gasteiger partial charge in [-0.25, -0.2) is 8.42 Å². The van der Waals surface area contributed by atoms with Gasteiger partial charge >= 0.3 is 0 Å². The molecule has 4 rings (SSSR count). The number of carbonyl (C=O) groups is 2. The van der Waals surface area contributed by atoms with Crippen LogP contribution >= 0.6 is 0 Å². The van der Waals surface area contributed by atoms with Crippen LogP contribution in [0.25, 0.3) is 11.3 Å². The first-order valence-corrected chi connectivity index (χ1v) is 13.3. The number of likely N-dealkylation sites (N-methyl/N-ethyl adjacent to an activating group) is 1. The third-order valence-corrected chi connectivity index (χ3v) is 8.06. The van der Waals surface area contributed by atoms with Crippen LogP contribution in [-0.2, 0) is 17.1 Å². The summed E-state index contributed by atoms with van der Waals surface area (Å²) >= 11 is 0. The summed E-state index contributed by atoms with van der Waals surface area (Å²) in [5.74, 6) is -1.22. The Hall–Kier alpha value is -3.74. The Labute approximate surface area is 215 Å². The van der Waals surface area contributed by atoms with Crippen molar-refractivity contribution < 1.29 is 22.7 Å². The molecule has 3 aromatic rings. The third kappa shape index (κ3) is 5.36. The maximum atomic E-state index is 13.6. The lowest BCUT2D eigenvalue weighted by Crippen LogP contribution is -2.47. The van der Waals surface area contributed by atoms with Gasteiger partial charge in [0.2, 0.25) is 10.0 Å². The Kier molecular flexibility index (Phi) is 7.62. The fraction of sp³-hybridized carbons (Fsp3) is 0.320. The van der Waals surface area contributed by atoms with Crippen molar-refractivity contribution >= 4 is 27.5 Å². The van der Waals surface area contributed by atoms with Crippen LogP contribution in [0.1, 0.15) is 27.8 Å². The number of piperazine rings is 1. The Balaban J connectivity index is 1.75. The fourth-order valence-corrected chi connectivity index (χ4v) is 5.66. The lowest BCUT2D eigenvalue weighted by atomic mass is 10.1. The third-order valence-electron chi connectivity index (χ3n) is 6.16. The number of sulfonamides is 1. The number of primary amides is 1. The van der Waals surface area contributed by atoms with Gasteiger partial charge in [0.25, 0.3) is 11.8 Å². The van der Waals surface area contributed by atoms with Crippen LogP contribution in [0.3, 0.4) is 0 Å². The van der Waals surface area contributed by atoms with Crippen molar-refractivity contribution in [3.05, 3.63) is 59.8 Å². The van der Waals surface area contributed by atoms with Crippen LogP contribution in [0.2, 0.25) is 0 Å². The highest BCUT2D eigenvalue weighted by molar-refractivity contribution is 7.89. The predicted molar refractivity (Wildman–Crippen MR) is 139 cm³/mol. The molecule has 1 aliphatic rings. The van der Waals surface area contributed by atoms with E-state index < -0.39 is 21.8 Å². The first kappa shape index (κ1) is 26.3. The highest BCUT2D eigenvalue weighted by Crippen LogP contribution is 2.32. The van der Waals surface area contributed by atoms with Crippen molar-refractivity contribution in [2.75, 3.05) is 45.2 Å². The average molecular weight is 527 g/mol. The SMILES string of the molecule is CCOc1ccc(S(=O)(=O)N2CCN(C)CC2)cc1C(=O)Nc1c(-c2ccccc2)nn(C)c1C(N)=O. The van der Waals surface area contributed by atoms with Crippen molar-refractivity contribution in [2.45, 2.75) is 11.8 Å². The summed E-state index contributed by atoms with van der Waals surface area (Å²) in [7, 11) is -0.345. The zero-order chi connectivity index (χ0) is 26.7. The normalized spacial score (nSPS) is 14.9. The van der Waals surface area contributed by atoms with E-state index in [0.717, 1.165) is 0 Å². The molecule has 2 amide bonds. The van der Waals surface area contributed by atoms with Crippen LogP contribution in [0.15, 0.2) is 53.4 Å². The first-order valence-electron chi connectivity index (χ1n) is 11.8. The Morgan fingerprint density at radius 3 is 2.35 bits per heavy atom. The van der Waals surface area contributed by atoms with E-state index in [1.165, 1.54) is 27.2 Å². The van der Waals surface area contributed by atoms with E-state index in [-0.39, 0.29) is 34.2 Å². The van der Waals surface area contributed by atoms with Gasteiger partial charge in [0.1, 0.15) is 22.8 Å². The largest absolute Gasteiger partial charge is 0.493 e. The summed E-state index contributed by atoms with van der Waals surface area (Å²) < 4.78 is 35.0. The molecule has 1 aliphatic heterocycles. The first-order chi connectivity index (χ1) is 17.6. The number of rotatable bonds is 8. The Bertz CT molecular complexity index is 1410. The second-order valence-corrected chi connectivity index (χ2v) is 10.6. The number of carbonyl (C=O) groups excluding carboxylic acids is 2. The van der Waals surface area contributed by atoms with Crippen LogP contribution in [0, 0.1) is 0 Å². The number of amides is 2. The molecule has 3 N–H and O–H groups in total. The Morgan fingerprint density at radius 2 is 1.73 bits per heavy atom. The predicted octanol–water partition coefficient (Wildman–Crippen LogP) is 1.77. The number of nitrogens with zero attached hydrogens (tertiary/aromatic N) is 4. The van der Waals surface area contributed by atoms with E-state index in [9.17, 15) is 18.0 Å². The van der Waals surface area contributed by atoms with Gasteiger partial charge in [-0.2, -0.15) is 9.40 Å². The summed E-state index contributed by atoms with van der Waals surface area (Å²) in [6.07, 6.45) is 0. The van der Waals surface area contributed by atoms with Gasteiger partial charge in [-0.15, -0.1) is 0 Å².